The number of hydrogen-bond acceptors (Lipinski definition) is 5. The van der Waals surface area contributed by atoms with Gasteiger partial charge in [-0.1, -0.05) is 91.0 Å². The minimum Gasteiger partial charge on any atom is -0.356 e. The molecule has 2 N–H and O–H groups in total. The normalized spacial score (nSPS) is 11.6. The Balaban J connectivity index is 1.55. The third kappa shape index (κ3) is 7.50. The topological polar surface area (TPSA) is 93.7 Å². The zero-order valence-corrected chi connectivity index (χ0v) is 22.5. The number of ether oxygens (including phenoxy) is 2. The van der Waals surface area contributed by atoms with Crippen LogP contribution in [0.25, 0.3) is 0 Å². The predicted octanol–water partition coefficient (Wildman–Crippen LogP) is 5.06. The first kappa shape index (κ1) is 28.4. The molecule has 0 saturated heterocycles. The molecule has 4 aromatic carbocycles. The molecule has 1 atom stereocenters. The molecule has 0 bridgehead atoms. The first-order valence-corrected chi connectivity index (χ1v) is 13.0. The Morgan fingerprint density at radius 2 is 1.27 bits per heavy atom. The summed E-state index contributed by atoms with van der Waals surface area (Å²) in [5.74, 6) is -1.01. The van der Waals surface area contributed by atoms with E-state index in [-0.39, 0.29) is 23.7 Å². The van der Waals surface area contributed by atoms with E-state index in [1.54, 1.807) is 68.8 Å². The van der Waals surface area contributed by atoms with Gasteiger partial charge in [-0.3, -0.25) is 14.4 Å². The van der Waals surface area contributed by atoms with Crippen LogP contribution in [-0.2, 0) is 27.1 Å². The summed E-state index contributed by atoms with van der Waals surface area (Å²) in [6.07, 6.45) is 0.243. The highest BCUT2D eigenvalue weighted by Gasteiger charge is 2.24. The summed E-state index contributed by atoms with van der Waals surface area (Å²) in [6, 6.07) is 31.4. The van der Waals surface area contributed by atoms with Gasteiger partial charge in [0, 0.05) is 49.4 Å². The molecular weight excluding hydrogens is 504 g/mol. The second-order valence-corrected chi connectivity index (χ2v) is 9.24. The molecule has 4 aromatic rings. The van der Waals surface area contributed by atoms with Crippen LogP contribution >= 0.6 is 0 Å². The SMILES string of the molecule is COC(Cc1ccccc1NC(=O)C(Cc1ccccc1)NC(=O)c1cccc(C(=O)c2ccccc2)c1)OC. The molecule has 4 rings (SSSR count). The number of amides is 2. The Bertz CT molecular complexity index is 1440. The summed E-state index contributed by atoms with van der Waals surface area (Å²) >= 11 is 0. The van der Waals surface area contributed by atoms with E-state index >= 15 is 0 Å². The number of para-hydroxylation sites is 1. The van der Waals surface area contributed by atoms with Gasteiger partial charge in [-0.2, -0.15) is 0 Å². The first-order valence-electron chi connectivity index (χ1n) is 13.0. The van der Waals surface area contributed by atoms with Gasteiger partial charge < -0.3 is 20.1 Å². The Morgan fingerprint density at radius 1 is 0.675 bits per heavy atom. The van der Waals surface area contributed by atoms with Crippen molar-refractivity contribution in [3.05, 3.63) is 137 Å². The lowest BCUT2D eigenvalue weighted by Gasteiger charge is -2.21. The average Bonchev–Trinajstić information content (AvgIpc) is 3.00. The van der Waals surface area contributed by atoms with Crippen molar-refractivity contribution in [2.24, 2.45) is 0 Å². The van der Waals surface area contributed by atoms with Crippen LogP contribution in [0.3, 0.4) is 0 Å². The predicted molar refractivity (Wildman–Crippen MR) is 154 cm³/mol. The maximum Gasteiger partial charge on any atom is 0.251 e. The molecule has 0 radical (unpaired) electrons. The highest BCUT2D eigenvalue weighted by atomic mass is 16.7. The summed E-state index contributed by atoms with van der Waals surface area (Å²) in [4.78, 5) is 39.9. The van der Waals surface area contributed by atoms with Crippen molar-refractivity contribution in [1.29, 1.82) is 0 Å². The zero-order chi connectivity index (χ0) is 28.3. The lowest BCUT2D eigenvalue weighted by atomic mass is 10.0. The van der Waals surface area contributed by atoms with Gasteiger partial charge in [0.25, 0.3) is 5.91 Å². The fourth-order valence-corrected chi connectivity index (χ4v) is 4.34. The molecule has 1 unspecified atom stereocenters. The van der Waals surface area contributed by atoms with E-state index in [1.807, 2.05) is 54.6 Å². The van der Waals surface area contributed by atoms with Gasteiger partial charge in [0.05, 0.1) is 0 Å². The number of carbonyl (C=O) groups is 3. The van der Waals surface area contributed by atoms with E-state index < -0.39 is 18.2 Å². The van der Waals surface area contributed by atoms with Crippen LogP contribution in [0.2, 0.25) is 0 Å². The van der Waals surface area contributed by atoms with Crippen LogP contribution in [0.1, 0.15) is 37.4 Å². The van der Waals surface area contributed by atoms with E-state index in [9.17, 15) is 14.4 Å². The van der Waals surface area contributed by atoms with Gasteiger partial charge in [-0.05, 0) is 29.3 Å². The van der Waals surface area contributed by atoms with Crippen LogP contribution in [0.5, 0.6) is 0 Å². The molecule has 0 fully saturated rings. The smallest absolute Gasteiger partial charge is 0.251 e. The monoisotopic (exact) mass is 536 g/mol. The number of ketones is 1. The van der Waals surface area contributed by atoms with Crippen LogP contribution < -0.4 is 10.6 Å². The van der Waals surface area contributed by atoms with E-state index in [4.69, 9.17) is 9.47 Å². The molecule has 204 valence electrons. The van der Waals surface area contributed by atoms with Crippen LogP contribution in [0.4, 0.5) is 5.69 Å². The Kier molecular flexibility index (Phi) is 9.93. The summed E-state index contributed by atoms with van der Waals surface area (Å²) in [5.41, 5.74) is 3.54. The van der Waals surface area contributed by atoms with Gasteiger partial charge in [0.2, 0.25) is 5.91 Å². The molecule has 0 saturated carbocycles. The summed E-state index contributed by atoms with van der Waals surface area (Å²) in [7, 11) is 3.12. The number of anilines is 1. The van der Waals surface area contributed by atoms with E-state index in [0.717, 1.165) is 11.1 Å². The van der Waals surface area contributed by atoms with E-state index in [1.165, 1.54) is 0 Å². The third-order valence-corrected chi connectivity index (χ3v) is 6.51. The zero-order valence-electron chi connectivity index (χ0n) is 22.5. The van der Waals surface area contributed by atoms with E-state index in [0.29, 0.717) is 23.2 Å². The number of rotatable bonds is 12. The first-order chi connectivity index (χ1) is 19.5. The van der Waals surface area contributed by atoms with Crippen molar-refractivity contribution in [2.75, 3.05) is 19.5 Å². The number of nitrogens with one attached hydrogen (secondary N) is 2. The van der Waals surface area contributed by atoms with E-state index in [2.05, 4.69) is 10.6 Å². The van der Waals surface area contributed by atoms with Gasteiger partial charge in [-0.25, -0.2) is 0 Å². The summed E-state index contributed by atoms with van der Waals surface area (Å²) in [5, 5.41) is 5.85. The van der Waals surface area contributed by atoms with Gasteiger partial charge in [0.15, 0.2) is 12.1 Å². The summed E-state index contributed by atoms with van der Waals surface area (Å²) < 4.78 is 10.7. The van der Waals surface area contributed by atoms with Crippen molar-refractivity contribution in [2.45, 2.75) is 25.2 Å². The minimum atomic E-state index is -0.878. The lowest BCUT2D eigenvalue weighted by Crippen LogP contribution is -2.45. The number of hydrogen-bond donors (Lipinski definition) is 2. The molecule has 0 heterocycles. The Labute approximate surface area is 234 Å². The van der Waals surface area contributed by atoms with Crippen LogP contribution in [0.15, 0.2) is 109 Å². The fraction of sp³-hybridized carbons (Fsp3) is 0.182. The highest BCUT2D eigenvalue weighted by molar-refractivity contribution is 6.10. The second-order valence-electron chi connectivity index (χ2n) is 9.24. The Morgan fingerprint density at radius 3 is 1.98 bits per heavy atom. The van der Waals surface area contributed by atoms with Crippen molar-refractivity contribution >= 4 is 23.3 Å². The maximum absolute atomic E-state index is 13.6. The number of methoxy groups -OCH3 is 2. The molecule has 0 aliphatic carbocycles. The van der Waals surface area contributed by atoms with Crippen molar-refractivity contribution in [3.8, 4) is 0 Å². The molecular formula is C33H32N2O5. The third-order valence-electron chi connectivity index (χ3n) is 6.51. The summed E-state index contributed by atoms with van der Waals surface area (Å²) in [6.45, 7) is 0. The Hall–Kier alpha value is -4.59. The molecule has 40 heavy (non-hydrogen) atoms. The number of benzene rings is 4. The molecule has 0 aliphatic heterocycles. The lowest BCUT2D eigenvalue weighted by molar-refractivity contribution is -0.118. The van der Waals surface area contributed by atoms with Crippen LogP contribution in [-0.4, -0.2) is 44.1 Å². The maximum atomic E-state index is 13.6. The fourth-order valence-electron chi connectivity index (χ4n) is 4.34. The number of carbonyl (C=O) groups excluding carboxylic acids is 3. The molecule has 2 amide bonds. The molecule has 0 spiro atoms. The van der Waals surface area contributed by atoms with Crippen molar-refractivity contribution < 1.29 is 23.9 Å². The van der Waals surface area contributed by atoms with Crippen LogP contribution in [0, 0.1) is 0 Å². The molecule has 0 aliphatic rings. The highest BCUT2D eigenvalue weighted by Crippen LogP contribution is 2.19. The van der Waals surface area contributed by atoms with Crippen molar-refractivity contribution in [3.63, 3.8) is 0 Å². The van der Waals surface area contributed by atoms with Gasteiger partial charge in [-0.15, -0.1) is 0 Å². The quantitative estimate of drug-likeness (QED) is 0.195. The minimum absolute atomic E-state index is 0.184. The van der Waals surface area contributed by atoms with Gasteiger partial charge in [0.1, 0.15) is 6.04 Å². The molecule has 7 nitrogen and oxygen atoms in total. The second kappa shape index (κ2) is 14.0. The largest absolute Gasteiger partial charge is 0.356 e. The van der Waals surface area contributed by atoms with Gasteiger partial charge >= 0.3 is 0 Å². The standard InChI is InChI=1S/C33H32N2O5/c1-39-30(40-2)22-25-16-9-10-19-28(25)34-33(38)29(20-23-12-5-3-6-13-23)35-32(37)27-18-11-17-26(21-27)31(36)24-14-7-4-8-15-24/h3-19,21,29-30H,20,22H2,1-2H3,(H,34,38)(H,35,37). The van der Waals surface area contributed by atoms with Crippen molar-refractivity contribution in [1.82, 2.24) is 5.32 Å². The average molecular weight is 537 g/mol. The molecule has 0 aromatic heterocycles. The molecule has 7 heteroatoms.